The molecule has 0 saturated heterocycles. The summed E-state index contributed by atoms with van der Waals surface area (Å²) in [5.74, 6) is -0.248. The Labute approximate surface area is 103 Å². The summed E-state index contributed by atoms with van der Waals surface area (Å²) in [6.07, 6.45) is 3.03. The highest BCUT2D eigenvalue weighted by Crippen LogP contribution is 2.11. The first kappa shape index (κ1) is 11.7. The van der Waals surface area contributed by atoms with Gasteiger partial charge in [0, 0.05) is 29.2 Å². The van der Waals surface area contributed by atoms with Crippen LogP contribution in [0.1, 0.15) is 27.2 Å². The molecule has 2 rings (SSSR count). The van der Waals surface area contributed by atoms with Gasteiger partial charge in [-0.15, -0.1) is 0 Å². The van der Waals surface area contributed by atoms with E-state index >= 15 is 0 Å². The second-order valence-electron chi connectivity index (χ2n) is 3.73. The molecule has 0 unspecified atom stereocenters. The van der Waals surface area contributed by atoms with E-state index in [2.05, 4.69) is 9.97 Å². The molecule has 0 fully saturated rings. The summed E-state index contributed by atoms with van der Waals surface area (Å²) in [6, 6.07) is 6.24. The van der Waals surface area contributed by atoms with E-state index in [4.69, 9.17) is 5.26 Å². The minimum absolute atomic E-state index is 0.0713. The van der Waals surface area contributed by atoms with Gasteiger partial charge in [0.15, 0.2) is 5.78 Å². The molecule has 0 aromatic carbocycles. The number of nitrogens with zero attached hydrogens (tertiary/aromatic N) is 2. The smallest absolute Gasteiger partial charge is 0.266 e. The number of aryl methyl sites for hydroxylation is 1. The number of nitriles is 1. The molecule has 0 bridgehead atoms. The topological polar surface area (TPSA) is 86.6 Å². The van der Waals surface area contributed by atoms with E-state index in [1.807, 2.05) is 0 Å². The standard InChI is InChI=1S/C13H9N3O2/c1-8-11(6-10(7-14)13(18)16-8)12(17)9-2-4-15-5-3-9/h2-6H,1H3,(H,16,18). The Balaban J connectivity index is 2.56. The fourth-order valence-electron chi connectivity index (χ4n) is 1.60. The molecule has 0 saturated carbocycles. The molecule has 0 spiro atoms. The molecule has 2 aromatic heterocycles. The Morgan fingerprint density at radius 2 is 2.06 bits per heavy atom. The van der Waals surface area contributed by atoms with Crippen molar-refractivity contribution >= 4 is 5.78 Å². The van der Waals surface area contributed by atoms with Gasteiger partial charge in [0.05, 0.1) is 0 Å². The zero-order chi connectivity index (χ0) is 13.1. The maximum absolute atomic E-state index is 12.2. The van der Waals surface area contributed by atoms with Gasteiger partial charge in [0.2, 0.25) is 0 Å². The summed E-state index contributed by atoms with van der Waals surface area (Å²) in [7, 11) is 0. The van der Waals surface area contributed by atoms with Crippen molar-refractivity contribution in [3.63, 3.8) is 0 Å². The van der Waals surface area contributed by atoms with Gasteiger partial charge in [-0.25, -0.2) is 0 Å². The maximum atomic E-state index is 12.2. The number of pyridine rings is 2. The van der Waals surface area contributed by atoms with E-state index in [-0.39, 0.29) is 11.3 Å². The molecule has 88 valence electrons. The molecule has 5 heteroatoms. The number of nitrogens with one attached hydrogen (secondary N) is 1. The SMILES string of the molecule is Cc1[nH]c(=O)c(C#N)cc1C(=O)c1ccncc1. The number of aromatic amines is 1. The maximum Gasteiger partial charge on any atom is 0.266 e. The van der Waals surface area contributed by atoms with Crippen molar-refractivity contribution in [2.24, 2.45) is 0 Å². The molecular weight excluding hydrogens is 230 g/mol. The Morgan fingerprint density at radius 3 is 2.67 bits per heavy atom. The fraction of sp³-hybridized carbons (Fsp3) is 0.0769. The molecule has 0 radical (unpaired) electrons. The summed E-state index contributed by atoms with van der Waals surface area (Å²) < 4.78 is 0. The van der Waals surface area contributed by atoms with Crippen LogP contribution in [0.3, 0.4) is 0 Å². The van der Waals surface area contributed by atoms with E-state index in [9.17, 15) is 9.59 Å². The Bertz CT molecular complexity index is 696. The molecule has 1 N–H and O–H groups in total. The number of carbonyl (C=O) groups is 1. The van der Waals surface area contributed by atoms with Crippen molar-refractivity contribution in [1.29, 1.82) is 5.26 Å². The lowest BCUT2D eigenvalue weighted by molar-refractivity contribution is 0.103. The Kier molecular flexibility index (Phi) is 3.02. The Morgan fingerprint density at radius 1 is 1.39 bits per heavy atom. The van der Waals surface area contributed by atoms with Crippen LogP contribution >= 0.6 is 0 Å². The summed E-state index contributed by atoms with van der Waals surface area (Å²) in [5.41, 5.74) is 0.668. The highest BCUT2D eigenvalue weighted by Gasteiger charge is 2.14. The van der Waals surface area contributed by atoms with E-state index in [0.29, 0.717) is 16.8 Å². The monoisotopic (exact) mass is 239 g/mol. The number of H-pyrrole nitrogens is 1. The zero-order valence-electron chi connectivity index (χ0n) is 9.60. The predicted octanol–water partition coefficient (Wildman–Crippen LogP) is 1.18. The van der Waals surface area contributed by atoms with Crippen LogP contribution in [0, 0.1) is 18.3 Å². The lowest BCUT2D eigenvalue weighted by Gasteiger charge is -2.04. The van der Waals surface area contributed by atoms with E-state index < -0.39 is 5.56 Å². The van der Waals surface area contributed by atoms with Crippen molar-refractivity contribution in [3.8, 4) is 6.07 Å². The van der Waals surface area contributed by atoms with E-state index in [1.165, 1.54) is 18.5 Å². The van der Waals surface area contributed by atoms with Gasteiger partial charge >= 0.3 is 0 Å². The lowest BCUT2D eigenvalue weighted by atomic mass is 10.0. The van der Waals surface area contributed by atoms with Crippen LogP contribution in [0.25, 0.3) is 0 Å². The van der Waals surface area contributed by atoms with Crippen LogP contribution in [0.15, 0.2) is 35.4 Å². The molecule has 0 aliphatic carbocycles. The lowest BCUT2D eigenvalue weighted by Crippen LogP contribution is -2.16. The molecule has 2 aromatic rings. The minimum atomic E-state index is -0.485. The molecule has 18 heavy (non-hydrogen) atoms. The molecule has 5 nitrogen and oxygen atoms in total. The minimum Gasteiger partial charge on any atom is -0.325 e. The first-order valence-corrected chi connectivity index (χ1v) is 5.22. The van der Waals surface area contributed by atoms with Gasteiger partial charge in [-0.1, -0.05) is 0 Å². The number of hydrogen-bond acceptors (Lipinski definition) is 4. The average Bonchev–Trinajstić information content (AvgIpc) is 2.39. The van der Waals surface area contributed by atoms with E-state index in [0.717, 1.165) is 0 Å². The van der Waals surface area contributed by atoms with Crippen LogP contribution in [0.5, 0.6) is 0 Å². The van der Waals surface area contributed by atoms with Gasteiger partial charge in [-0.05, 0) is 25.1 Å². The first-order valence-electron chi connectivity index (χ1n) is 5.22. The van der Waals surface area contributed by atoms with Crippen molar-refractivity contribution in [3.05, 3.63) is 63.3 Å². The highest BCUT2D eigenvalue weighted by molar-refractivity contribution is 6.09. The third-order valence-corrected chi connectivity index (χ3v) is 2.55. The van der Waals surface area contributed by atoms with Crippen molar-refractivity contribution in [2.75, 3.05) is 0 Å². The number of ketones is 1. The average molecular weight is 239 g/mol. The largest absolute Gasteiger partial charge is 0.325 e. The van der Waals surface area contributed by atoms with Crippen molar-refractivity contribution < 1.29 is 4.79 Å². The number of hydrogen-bond donors (Lipinski definition) is 1. The third kappa shape index (κ3) is 2.04. The Hall–Kier alpha value is -2.74. The second kappa shape index (κ2) is 4.63. The third-order valence-electron chi connectivity index (χ3n) is 2.55. The van der Waals surface area contributed by atoms with E-state index in [1.54, 1.807) is 25.1 Å². The van der Waals surface area contributed by atoms with Crippen LogP contribution < -0.4 is 5.56 Å². The molecule has 0 amide bonds. The summed E-state index contributed by atoms with van der Waals surface area (Å²) in [4.78, 5) is 29.9. The summed E-state index contributed by atoms with van der Waals surface area (Å²) in [5, 5.41) is 8.79. The highest BCUT2D eigenvalue weighted by atomic mass is 16.1. The van der Waals surface area contributed by atoms with Gasteiger partial charge in [0.25, 0.3) is 5.56 Å². The first-order chi connectivity index (χ1) is 8.63. The zero-order valence-corrected chi connectivity index (χ0v) is 9.60. The second-order valence-corrected chi connectivity index (χ2v) is 3.73. The normalized spacial score (nSPS) is 9.78. The number of rotatable bonds is 2. The van der Waals surface area contributed by atoms with Gasteiger partial charge < -0.3 is 4.98 Å². The van der Waals surface area contributed by atoms with Gasteiger partial charge in [-0.2, -0.15) is 5.26 Å². The van der Waals surface area contributed by atoms with Crippen molar-refractivity contribution in [1.82, 2.24) is 9.97 Å². The van der Waals surface area contributed by atoms with Crippen LogP contribution in [-0.2, 0) is 0 Å². The van der Waals surface area contributed by atoms with Crippen LogP contribution in [-0.4, -0.2) is 15.8 Å². The number of aromatic nitrogens is 2. The van der Waals surface area contributed by atoms with Gasteiger partial charge in [-0.3, -0.25) is 14.6 Å². The predicted molar refractivity (Wildman–Crippen MR) is 64.2 cm³/mol. The van der Waals surface area contributed by atoms with Crippen LogP contribution in [0.4, 0.5) is 0 Å². The number of carbonyl (C=O) groups excluding carboxylic acids is 1. The van der Waals surface area contributed by atoms with Gasteiger partial charge in [0.1, 0.15) is 11.6 Å². The molecule has 0 aliphatic rings. The van der Waals surface area contributed by atoms with Crippen LogP contribution in [0.2, 0.25) is 0 Å². The molecule has 0 aliphatic heterocycles. The molecule has 0 atom stereocenters. The summed E-state index contributed by atoms with van der Waals surface area (Å²) >= 11 is 0. The molecular formula is C13H9N3O2. The quantitative estimate of drug-likeness (QED) is 0.797. The fourth-order valence-corrected chi connectivity index (χ4v) is 1.60. The van der Waals surface area contributed by atoms with Crippen molar-refractivity contribution in [2.45, 2.75) is 6.92 Å². The molecule has 2 heterocycles. The summed E-state index contributed by atoms with van der Waals surface area (Å²) in [6.45, 7) is 1.62.